The molecule has 4 heteroatoms. The number of piperidine rings is 1. The average Bonchev–Trinajstić information content (AvgIpc) is 2.84. The molecule has 20 heavy (non-hydrogen) atoms. The Bertz CT molecular complexity index is 480. The fraction of sp³-hybridized carbons (Fsp3) is 0.625. The van der Waals surface area contributed by atoms with E-state index >= 15 is 0 Å². The van der Waals surface area contributed by atoms with Crippen LogP contribution in [0.2, 0.25) is 0 Å². The Balaban J connectivity index is 1.66. The topological polar surface area (TPSA) is 24.5 Å². The predicted molar refractivity (Wildman–Crippen MR) is 77.5 cm³/mol. The lowest BCUT2D eigenvalue weighted by atomic mass is 9.92. The van der Waals surface area contributed by atoms with Crippen LogP contribution in [0.4, 0.5) is 4.39 Å². The Kier molecular flexibility index (Phi) is 3.94. The number of fused-ring (bicyclic) bond motifs is 2. The van der Waals surface area contributed by atoms with Crippen molar-refractivity contribution in [3.05, 3.63) is 29.6 Å². The van der Waals surface area contributed by atoms with Crippen molar-refractivity contribution in [1.82, 2.24) is 10.2 Å². The molecular weight excluding hydrogens is 255 g/mol. The lowest BCUT2D eigenvalue weighted by Gasteiger charge is -2.33. The van der Waals surface area contributed by atoms with Gasteiger partial charge in [-0.2, -0.15) is 0 Å². The Labute approximate surface area is 120 Å². The molecule has 0 amide bonds. The van der Waals surface area contributed by atoms with Gasteiger partial charge in [0, 0.05) is 18.6 Å². The van der Waals surface area contributed by atoms with Gasteiger partial charge in [0.1, 0.15) is 0 Å². The Morgan fingerprint density at radius 3 is 2.90 bits per heavy atom. The molecule has 2 bridgehead atoms. The highest BCUT2D eigenvalue weighted by Crippen LogP contribution is 2.29. The van der Waals surface area contributed by atoms with Crippen molar-refractivity contribution in [3.8, 4) is 5.75 Å². The van der Waals surface area contributed by atoms with Crippen molar-refractivity contribution >= 4 is 0 Å². The molecule has 1 N–H and O–H groups in total. The first-order valence-corrected chi connectivity index (χ1v) is 7.49. The molecule has 4 atom stereocenters. The average molecular weight is 278 g/mol. The van der Waals surface area contributed by atoms with Crippen LogP contribution in [-0.2, 0) is 0 Å². The first kappa shape index (κ1) is 13.8. The van der Waals surface area contributed by atoms with Gasteiger partial charge in [-0.15, -0.1) is 0 Å². The maximum Gasteiger partial charge on any atom is 0.165 e. The molecule has 1 aromatic rings. The molecular formula is C16H23FN2O. The van der Waals surface area contributed by atoms with Crippen molar-refractivity contribution in [2.75, 3.05) is 26.7 Å². The van der Waals surface area contributed by atoms with Gasteiger partial charge in [-0.25, -0.2) is 4.39 Å². The summed E-state index contributed by atoms with van der Waals surface area (Å²) in [6.45, 7) is 5.77. The second-order valence-electron chi connectivity index (χ2n) is 6.03. The van der Waals surface area contributed by atoms with E-state index in [1.807, 2.05) is 6.07 Å². The summed E-state index contributed by atoms with van der Waals surface area (Å²) in [6.07, 6.45) is 2.50. The molecule has 0 radical (unpaired) electrons. The molecule has 1 aromatic carbocycles. The van der Waals surface area contributed by atoms with Gasteiger partial charge in [-0.1, -0.05) is 6.07 Å². The molecule has 3 rings (SSSR count). The number of rotatable bonds is 4. The van der Waals surface area contributed by atoms with Gasteiger partial charge in [0.2, 0.25) is 0 Å². The van der Waals surface area contributed by atoms with Gasteiger partial charge < -0.3 is 15.0 Å². The number of ether oxygens (including phenoxy) is 1. The highest BCUT2D eigenvalue weighted by atomic mass is 19.1. The third-order valence-electron chi connectivity index (χ3n) is 4.77. The zero-order chi connectivity index (χ0) is 14.1. The van der Waals surface area contributed by atoms with Crippen LogP contribution in [0.5, 0.6) is 5.75 Å². The summed E-state index contributed by atoms with van der Waals surface area (Å²) in [5, 5.41) is 3.69. The van der Waals surface area contributed by atoms with Gasteiger partial charge in [-0.3, -0.25) is 0 Å². The summed E-state index contributed by atoms with van der Waals surface area (Å²) in [6, 6.07) is 5.98. The van der Waals surface area contributed by atoms with E-state index in [4.69, 9.17) is 4.74 Å². The third kappa shape index (κ3) is 2.67. The molecule has 0 aliphatic carbocycles. The van der Waals surface area contributed by atoms with Crippen LogP contribution < -0.4 is 10.1 Å². The first-order valence-electron chi connectivity index (χ1n) is 7.49. The summed E-state index contributed by atoms with van der Waals surface area (Å²) in [4.78, 5) is 2.54. The van der Waals surface area contributed by atoms with E-state index in [2.05, 4.69) is 17.1 Å². The molecule has 2 saturated heterocycles. The zero-order valence-electron chi connectivity index (χ0n) is 12.2. The van der Waals surface area contributed by atoms with Crippen LogP contribution in [0.25, 0.3) is 0 Å². The Hall–Kier alpha value is -1.13. The van der Waals surface area contributed by atoms with Gasteiger partial charge in [0.15, 0.2) is 11.6 Å². The minimum Gasteiger partial charge on any atom is -0.494 e. The highest BCUT2D eigenvalue weighted by Gasteiger charge is 2.34. The molecule has 0 saturated carbocycles. The first-order chi connectivity index (χ1) is 9.67. The van der Waals surface area contributed by atoms with E-state index in [1.165, 1.54) is 39.6 Å². The van der Waals surface area contributed by atoms with Gasteiger partial charge in [0.25, 0.3) is 0 Å². The SMILES string of the molecule is COc1ccc(C(C)NC2CCN3CCC2C3)cc1F. The summed E-state index contributed by atoms with van der Waals surface area (Å²) < 4.78 is 18.7. The largest absolute Gasteiger partial charge is 0.494 e. The molecule has 0 aromatic heterocycles. The predicted octanol–water partition coefficient (Wildman–Crippen LogP) is 2.58. The van der Waals surface area contributed by atoms with Gasteiger partial charge in [-0.05, 0) is 56.5 Å². The maximum atomic E-state index is 13.8. The number of hydrogen-bond donors (Lipinski definition) is 1. The van der Waals surface area contributed by atoms with Crippen LogP contribution in [0, 0.1) is 11.7 Å². The quantitative estimate of drug-likeness (QED) is 0.916. The second-order valence-corrected chi connectivity index (χ2v) is 6.03. The number of nitrogens with one attached hydrogen (secondary N) is 1. The molecule has 2 fully saturated rings. The zero-order valence-corrected chi connectivity index (χ0v) is 12.2. The van der Waals surface area contributed by atoms with E-state index < -0.39 is 0 Å². The highest BCUT2D eigenvalue weighted by molar-refractivity contribution is 5.30. The second kappa shape index (κ2) is 5.70. The molecule has 4 unspecified atom stereocenters. The minimum absolute atomic E-state index is 0.174. The fourth-order valence-corrected chi connectivity index (χ4v) is 3.54. The molecule has 0 spiro atoms. The normalized spacial score (nSPS) is 30.2. The van der Waals surface area contributed by atoms with E-state index in [0.717, 1.165) is 11.5 Å². The number of hydrogen-bond acceptors (Lipinski definition) is 3. The Morgan fingerprint density at radius 2 is 2.15 bits per heavy atom. The third-order valence-corrected chi connectivity index (χ3v) is 4.77. The van der Waals surface area contributed by atoms with Crippen molar-refractivity contribution in [3.63, 3.8) is 0 Å². The van der Waals surface area contributed by atoms with Crippen LogP contribution in [-0.4, -0.2) is 37.7 Å². The van der Waals surface area contributed by atoms with Crippen LogP contribution in [0.3, 0.4) is 0 Å². The minimum atomic E-state index is -0.283. The van der Waals surface area contributed by atoms with Crippen LogP contribution in [0.15, 0.2) is 18.2 Å². The van der Waals surface area contributed by atoms with Crippen molar-refractivity contribution in [2.45, 2.75) is 31.8 Å². The smallest absolute Gasteiger partial charge is 0.165 e. The lowest BCUT2D eigenvalue weighted by molar-refractivity contribution is 0.212. The standard InChI is InChI=1S/C16H23FN2O/c1-11(12-3-4-16(20-2)14(17)9-12)18-15-6-8-19-7-5-13(15)10-19/h3-4,9,11,13,15,18H,5-8,10H2,1-2H3. The number of benzene rings is 1. The van der Waals surface area contributed by atoms with E-state index in [0.29, 0.717) is 11.8 Å². The maximum absolute atomic E-state index is 13.8. The van der Waals surface area contributed by atoms with Crippen LogP contribution >= 0.6 is 0 Å². The Morgan fingerprint density at radius 1 is 1.35 bits per heavy atom. The van der Waals surface area contributed by atoms with Gasteiger partial charge >= 0.3 is 0 Å². The summed E-state index contributed by atoms with van der Waals surface area (Å²) in [7, 11) is 1.49. The van der Waals surface area contributed by atoms with E-state index in [9.17, 15) is 4.39 Å². The number of methoxy groups -OCH3 is 1. The molecule has 2 aliphatic rings. The van der Waals surface area contributed by atoms with Gasteiger partial charge in [0.05, 0.1) is 7.11 Å². The summed E-state index contributed by atoms with van der Waals surface area (Å²) >= 11 is 0. The van der Waals surface area contributed by atoms with Crippen LogP contribution in [0.1, 0.15) is 31.4 Å². The van der Waals surface area contributed by atoms with Crippen molar-refractivity contribution < 1.29 is 9.13 Å². The number of nitrogens with zero attached hydrogens (tertiary/aromatic N) is 1. The van der Waals surface area contributed by atoms with Crippen molar-refractivity contribution in [2.24, 2.45) is 5.92 Å². The molecule has 3 nitrogen and oxygen atoms in total. The lowest BCUT2D eigenvalue weighted by Crippen LogP contribution is -2.44. The fourth-order valence-electron chi connectivity index (χ4n) is 3.54. The van der Waals surface area contributed by atoms with E-state index in [-0.39, 0.29) is 11.9 Å². The van der Waals surface area contributed by atoms with Crippen molar-refractivity contribution in [1.29, 1.82) is 0 Å². The molecule has 110 valence electrons. The number of halogens is 1. The summed E-state index contributed by atoms with van der Waals surface area (Å²) in [5.41, 5.74) is 0.990. The summed E-state index contributed by atoms with van der Waals surface area (Å²) in [5.74, 6) is 0.786. The van der Waals surface area contributed by atoms with E-state index in [1.54, 1.807) is 12.1 Å². The molecule has 2 aliphatic heterocycles. The molecule has 2 heterocycles. The monoisotopic (exact) mass is 278 g/mol.